The number of nitrogens with zero attached hydrogens (tertiary/aromatic N) is 3. The first-order chi connectivity index (χ1) is 10.9. The fourth-order valence-corrected chi connectivity index (χ4v) is 2.64. The maximum absolute atomic E-state index is 10.5. The summed E-state index contributed by atoms with van der Waals surface area (Å²) in [6.07, 6.45) is 2.39. The van der Waals surface area contributed by atoms with Gasteiger partial charge < -0.3 is 20.1 Å². The van der Waals surface area contributed by atoms with Crippen molar-refractivity contribution in [3.05, 3.63) is 16.8 Å². The normalized spacial score (nSPS) is 17.3. The Morgan fingerprint density at radius 1 is 1.35 bits per heavy atom. The van der Waals surface area contributed by atoms with Gasteiger partial charge >= 0.3 is 0 Å². The number of anilines is 2. The molecule has 0 aliphatic carbocycles. The van der Waals surface area contributed by atoms with E-state index in [2.05, 4.69) is 15.3 Å². The van der Waals surface area contributed by atoms with Gasteiger partial charge in [-0.15, -0.1) is 0 Å². The van der Waals surface area contributed by atoms with Crippen LogP contribution in [0.3, 0.4) is 0 Å². The van der Waals surface area contributed by atoms with Crippen molar-refractivity contribution in [3.8, 4) is 0 Å². The predicted octanol–water partition coefficient (Wildman–Crippen LogP) is 2.57. The Labute approximate surface area is 138 Å². The summed E-state index contributed by atoms with van der Waals surface area (Å²) in [4.78, 5) is 11.0. The predicted molar refractivity (Wildman–Crippen MR) is 93.6 cm³/mol. The van der Waals surface area contributed by atoms with Crippen LogP contribution < -0.4 is 10.2 Å². The molecule has 2 N–H and O–H groups in total. The van der Waals surface area contributed by atoms with Gasteiger partial charge in [-0.1, -0.05) is 0 Å². The number of aliphatic hydroxyl groups excluding tert-OH is 1. The van der Waals surface area contributed by atoms with E-state index in [0.29, 0.717) is 19.1 Å². The average molecular weight is 320 g/mol. The van der Waals surface area contributed by atoms with Crippen LogP contribution in [0.4, 0.5) is 11.8 Å². The maximum atomic E-state index is 10.5. The highest BCUT2D eigenvalue weighted by atomic mass is 16.5. The highest BCUT2D eigenvalue weighted by Crippen LogP contribution is 2.32. The number of nitrogens with one attached hydrogen (secondary N) is 1. The van der Waals surface area contributed by atoms with Gasteiger partial charge in [-0.3, -0.25) is 0 Å². The molecule has 6 heteroatoms. The van der Waals surface area contributed by atoms with Crippen LogP contribution in [0.1, 0.15) is 45.4 Å². The van der Waals surface area contributed by atoms with Crippen LogP contribution in [0.25, 0.3) is 6.08 Å². The van der Waals surface area contributed by atoms with Gasteiger partial charge in [0.2, 0.25) is 5.95 Å². The van der Waals surface area contributed by atoms with Gasteiger partial charge in [-0.2, -0.15) is 4.98 Å². The Morgan fingerprint density at radius 3 is 2.74 bits per heavy atom. The van der Waals surface area contributed by atoms with Crippen LogP contribution in [-0.2, 0) is 4.74 Å². The third-order valence-corrected chi connectivity index (χ3v) is 3.79. The molecule has 128 valence electrons. The first-order valence-electron chi connectivity index (χ1n) is 8.31. The lowest BCUT2D eigenvalue weighted by Gasteiger charge is -2.34. The maximum Gasteiger partial charge on any atom is 0.224 e. The second-order valence-corrected chi connectivity index (χ2v) is 6.13. The van der Waals surface area contributed by atoms with Crippen molar-refractivity contribution in [2.45, 2.75) is 53.4 Å². The molecule has 1 aromatic rings. The molecule has 2 heterocycles. The summed E-state index contributed by atoms with van der Waals surface area (Å²) in [5, 5.41) is 13.7. The molecule has 23 heavy (non-hydrogen) atoms. The fourth-order valence-electron chi connectivity index (χ4n) is 2.64. The Kier molecular flexibility index (Phi) is 5.96. The molecule has 1 aliphatic heterocycles. The molecule has 1 aromatic heterocycles. The summed E-state index contributed by atoms with van der Waals surface area (Å²) < 4.78 is 5.60. The quantitative estimate of drug-likeness (QED) is 0.753. The zero-order valence-corrected chi connectivity index (χ0v) is 14.8. The van der Waals surface area contributed by atoms with E-state index in [4.69, 9.17) is 4.74 Å². The number of fused-ring (bicyclic) bond motifs is 1. The smallest absolute Gasteiger partial charge is 0.224 e. The Hall–Kier alpha value is -1.66. The molecule has 0 bridgehead atoms. The summed E-state index contributed by atoms with van der Waals surface area (Å²) >= 11 is 0. The molecule has 1 aliphatic rings. The summed E-state index contributed by atoms with van der Waals surface area (Å²) in [5.41, 5.74) is 2.81. The minimum absolute atomic E-state index is 0.222. The van der Waals surface area contributed by atoms with Crippen LogP contribution in [0, 0.1) is 6.92 Å². The van der Waals surface area contributed by atoms with E-state index in [-0.39, 0.29) is 6.10 Å². The van der Waals surface area contributed by atoms with Crippen molar-refractivity contribution in [2.24, 2.45) is 0 Å². The molecule has 0 aromatic carbocycles. The van der Waals surface area contributed by atoms with E-state index in [1.54, 1.807) is 0 Å². The van der Waals surface area contributed by atoms with E-state index >= 15 is 0 Å². The highest BCUT2D eigenvalue weighted by molar-refractivity contribution is 5.73. The first kappa shape index (κ1) is 17.7. The SMILES string of the molecule is CCNc1nc(C)c2c(n1)N(CCCOC(C)C)C(O)C(C)=C2. The first-order valence-corrected chi connectivity index (χ1v) is 8.31. The zero-order chi connectivity index (χ0) is 17.0. The molecular weight excluding hydrogens is 292 g/mol. The molecule has 0 fully saturated rings. The topological polar surface area (TPSA) is 70.5 Å². The van der Waals surface area contributed by atoms with Crippen molar-refractivity contribution in [1.29, 1.82) is 0 Å². The van der Waals surface area contributed by atoms with Crippen molar-refractivity contribution in [3.63, 3.8) is 0 Å². The number of aromatic nitrogens is 2. The third-order valence-electron chi connectivity index (χ3n) is 3.79. The number of rotatable bonds is 7. The molecule has 0 amide bonds. The minimum Gasteiger partial charge on any atom is -0.379 e. The van der Waals surface area contributed by atoms with Gasteiger partial charge in [0, 0.05) is 25.3 Å². The Bertz CT molecular complexity index is 572. The fraction of sp³-hybridized carbons (Fsp3) is 0.647. The van der Waals surface area contributed by atoms with Gasteiger partial charge in [-0.25, -0.2) is 4.98 Å². The number of aryl methyl sites for hydroxylation is 1. The minimum atomic E-state index is -0.648. The summed E-state index contributed by atoms with van der Waals surface area (Å²) in [7, 11) is 0. The van der Waals surface area contributed by atoms with Crippen molar-refractivity contribution in [1.82, 2.24) is 9.97 Å². The molecule has 0 saturated heterocycles. The van der Waals surface area contributed by atoms with Crippen LogP contribution in [0.2, 0.25) is 0 Å². The number of ether oxygens (including phenoxy) is 1. The lowest BCUT2D eigenvalue weighted by molar-refractivity contribution is 0.0763. The van der Waals surface area contributed by atoms with Gasteiger partial charge in [0.1, 0.15) is 12.0 Å². The molecule has 1 atom stereocenters. The summed E-state index contributed by atoms with van der Waals surface area (Å²) in [6.45, 7) is 12.1. The van der Waals surface area contributed by atoms with E-state index in [1.807, 2.05) is 45.6 Å². The second kappa shape index (κ2) is 7.75. The molecule has 0 radical (unpaired) electrons. The molecule has 1 unspecified atom stereocenters. The van der Waals surface area contributed by atoms with Crippen molar-refractivity contribution >= 4 is 17.8 Å². The van der Waals surface area contributed by atoms with Crippen LogP contribution in [0.5, 0.6) is 0 Å². The van der Waals surface area contributed by atoms with Crippen LogP contribution in [0.15, 0.2) is 5.57 Å². The Balaban J connectivity index is 2.24. The molecule has 2 rings (SSSR count). The van der Waals surface area contributed by atoms with Gasteiger partial charge in [0.25, 0.3) is 0 Å². The number of aliphatic hydroxyl groups is 1. The summed E-state index contributed by atoms with van der Waals surface area (Å²) in [6, 6.07) is 0. The van der Waals surface area contributed by atoms with Gasteiger partial charge in [-0.05, 0) is 52.7 Å². The highest BCUT2D eigenvalue weighted by Gasteiger charge is 2.27. The molecule has 6 nitrogen and oxygen atoms in total. The van der Waals surface area contributed by atoms with E-state index < -0.39 is 6.23 Å². The molecule has 0 saturated carbocycles. The van der Waals surface area contributed by atoms with Crippen LogP contribution >= 0.6 is 0 Å². The lowest BCUT2D eigenvalue weighted by Crippen LogP contribution is -2.40. The average Bonchev–Trinajstić information content (AvgIpc) is 2.48. The summed E-state index contributed by atoms with van der Waals surface area (Å²) in [5.74, 6) is 1.39. The van der Waals surface area contributed by atoms with E-state index in [1.165, 1.54) is 0 Å². The second-order valence-electron chi connectivity index (χ2n) is 6.13. The lowest BCUT2D eigenvalue weighted by atomic mass is 10.0. The molecular formula is C17H28N4O2. The largest absolute Gasteiger partial charge is 0.379 e. The monoisotopic (exact) mass is 320 g/mol. The van der Waals surface area contributed by atoms with Gasteiger partial charge in [0.15, 0.2) is 0 Å². The third kappa shape index (κ3) is 4.20. The van der Waals surface area contributed by atoms with Crippen molar-refractivity contribution < 1.29 is 9.84 Å². The van der Waals surface area contributed by atoms with Crippen LogP contribution in [-0.4, -0.2) is 47.1 Å². The van der Waals surface area contributed by atoms with E-state index in [0.717, 1.165) is 35.6 Å². The Morgan fingerprint density at radius 2 is 2.09 bits per heavy atom. The molecule has 0 spiro atoms. The van der Waals surface area contributed by atoms with Crippen molar-refractivity contribution in [2.75, 3.05) is 29.9 Å². The standard InChI is InChI=1S/C17H28N4O2/c1-6-18-17-19-13(5)14-10-12(4)16(22)21(15(14)20-17)8-7-9-23-11(2)3/h10-11,16,22H,6-9H2,1-5H3,(H,18,19,20). The van der Waals surface area contributed by atoms with E-state index in [9.17, 15) is 5.11 Å². The van der Waals surface area contributed by atoms with Gasteiger partial charge in [0.05, 0.1) is 11.8 Å². The zero-order valence-electron chi connectivity index (χ0n) is 14.8. The number of hydrogen-bond acceptors (Lipinski definition) is 6. The number of hydrogen-bond donors (Lipinski definition) is 2.